The van der Waals surface area contributed by atoms with Gasteiger partial charge in [-0.25, -0.2) is 9.37 Å². The highest BCUT2D eigenvalue weighted by molar-refractivity contribution is 5.53. The average Bonchev–Trinajstić information content (AvgIpc) is 2.66. The standard InChI is InChI=1S/C9H8FN3O/c10-7-1-6(2-11-3-7)9-12-4-8(5-14)13-9/h1-4,14H,5H2,(H,12,13). The summed E-state index contributed by atoms with van der Waals surface area (Å²) in [5.41, 5.74) is 1.15. The van der Waals surface area contributed by atoms with Gasteiger partial charge in [-0.3, -0.25) is 4.98 Å². The van der Waals surface area contributed by atoms with Crippen LogP contribution in [-0.2, 0) is 6.61 Å². The van der Waals surface area contributed by atoms with Crippen LogP contribution in [0.4, 0.5) is 4.39 Å². The Balaban J connectivity index is 2.39. The molecule has 5 heteroatoms. The molecule has 0 saturated heterocycles. The Morgan fingerprint density at radius 3 is 2.86 bits per heavy atom. The SMILES string of the molecule is OCc1cnc(-c2cncc(F)c2)[nH]1. The van der Waals surface area contributed by atoms with Gasteiger partial charge in [-0.2, -0.15) is 0 Å². The molecule has 0 aromatic carbocycles. The number of nitrogens with one attached hydrogen (secondary N) is 1. The maximum absolute atomic E-state index is 12.8. The van der Waals surface area contributed by atoms with Gasteiger partial charge in [-0.1, -0.05) is 0 Å². The number of halogens is 1. The summed E-state index contributed by atoms with van der Waals surface area (Å²) in [6.07, 6.45) is 4.13. The van der Waals surface area contributed by atoms with Gasteiger partial charge < -0.3 is 10.1 Å². The smallest absolute Gasteiger partial charge is 0.142 e. The van der Waals surface area contributed by atoms with Crippen molar-refractivity contribution < 1.29 is 9.50 Å². The van der Waals surface area contributed by atoms with Crippen LogP contribution in [0, 0.1) is 5.82 Å². The minimum Gasteiger partial charge on any atom is -0.390 e. The summed E-state index contributed by atoms with van der Waals surface area (Å²) < 4.78 is 12.8. The van der Waals surface area contributed by atoms with E-state index in [4.69, 9.17) is 5.11 Å². The zero-order valence-electron chi connectivity index (χ0n) is 7.24. The maximum Gasteiger partial charge on any atom is 0.142 e. The summed E-state index contributed by atoms with van der Waals surface area (Å²) >= 11 is 0. The fraction of sp³-hybridized carbons (Fsp3) is 0.111. The molecule has 0 aliphatic rings. The Bertz CT molecular complexity index is 441. The van der Waals surface area contributed by atoms with E-state index in [0.29, 0.717) is 17.1 Å². The number of aliphatic hydroxyl groups is 1. The third-order valence-corrected chi connectivity index (χ3v) is 1.78. The van der Waals surface area contributed by atoms with Crippen molar-refractivity contribution in [2.75, 3.05) is 0 Å². The van der Waals surface area contributed by atoms with E-state index in [2.05, 4.69) is 15.0 Å². The average molecular weight is 193 g/mol. The van der Waals surface area contributed by atoms with Crippen LogP contribution in [0.15, 0.2) is 24.7 Å². The van der Waals surface area contributed by atoms with Crippen molar-refractivity contribution in [1.82, 2.24) is 15.0 Å². The molecular formula is C9H8FN3O. The van der Waals surface area contributed by atoms with E-state index >= 15 is 0 Å². The highest BCUT2D eigenvalue weighted by Gasteiger charge is 2.03. The summed E-state index contributed by atoms with van der Waals surface area (Å²) in [6.45, 7) is -0.115. The number of H-pyrrole nitrogens is 1. The number of hydrogen-bond acceptors (Lipinski definition) is 3. The van der Waals surface area contributed by atoms with Crippen LogP contribution in [0.3, 0.4) is 0 Å². The van der Waals surface area contributed by atoms with Crippen molar-refractivity contribution >= 4 is 0 Å². The molecule has 0 bridgehead atoms. The minimum atomic E-state index is -0.413. The molecule has 0 radical (unpaired) electrons. The zero-order valence-corrected chi connectivity index (χ0v) is 7.24. The topological polar surface area (TPSA) is 61.8 Å². The molecule has 0 saturated carbocycles. The van der Waals surface area contributed by atoms with Gasteiger partial charge in [-0.05, 0) is 6.07 Å². The lowest BCUT2D eigenvalue weighted by molar-refractivity contribution is 0.277. The second-order valence-electron chi connectivity index (χ2n) is 2.81. The number of aromatic nitrogens is 3. The molecule has 0 spiro atoms. The number of rotatable bonds is 2. The molecule has 2 heterocycles. The molecule has 0 amide bonds. The number of aromatic amines is 1. The van der Waals surface area contributed by atoms with Crippen molar-refractivity contribution in [3.63, 3.8) is 0 Å². The van der Waals surface area contributed by atoms with Gasteiger partial charge in [-0.15, -0.1) is 0 Å². The predicted molar refractivity (Wildman–Crippen MR) is 47.7 cm³/mol. The van der Waals surface area contributed by atoms with Gasteiger partial charge in [0.05, 0.1) is 24.7 Å². The van der Waals surface area contributed by atoms with Crippen LogP contribution in [0.2, 0.25) is 0 Å². The Hall–Kier alpha value is -1.75. The van der Waals surface area contributed by atoms with E-state index in [1.54, 1.807) is 0 Å². The van der Waals surface area contributed by atoms with Crippen molar-refractivity contribution in [2.24, 2.45) is 0 Å². The number of imidazole rings is 1. The van der Waals surface area contributed by atoms with Crippen LogP contribution in [0.25, 0.3) is 11.4 Å². The van der Waals surface area contributed by atoms with E-state index < -0.39 is 5.82 Å². The van der Waals surface area contributed by atoms with Crippen molar-refractivity contribution in [3.05, 3.63) is 36.2 Å². The van der Waals surface area contributed by atoms with Gasteiger partial charge in [0.25, 0.3) is 0 Å². The normalized spacial score (nSPS) is 10.4. The second-order valence-corrected chi connectivity index (χ2v) is 2.81. The molecule has 2 aromatic rings. The molecular weight excluding hydrogens is 185 g/mol. The summed E-state index contributed by atoms with van der Waals surface area (Å²) in [5, 5.41) is 8.79. The first kappa shape index (κ1) is 8.83. The van der Waals surface area contributed by atoms with Gasteiger partial charge in [0.2, 0.25) is 0 Å². The Kier molecular flexibility index (Phi) is 2.24. The summed E-state index contributed by atoms with van der Waals surface area (Å²) in [7, 11) is 0. The quantitative estimate of drug-likeness (QED) is 0.750. The van der Waals surface area contributed by atoms with E-state index in [0.717, 1.165) is 6.20 Å². The molecule has 0 unspecified atom stereocenters. The molecule has 0 fully saturated rings. The van der Waals surface area contributed by atoms with E-state index in [1.165, 1.54) is 18.5 Å². The molecule has 0 atom stereocenters. The largest absolute Gasteiger partial charge is 0.390 e. The molecule has 14 heavy (non-hydrogen) atoms. The molecule has 0 aliphatic heterocycles. The fourth-order valence-electron chi connectivity index (χ4n) is 1.13. The highest BCUT2D eigenvalue weighted by atomic mass is 19.1. The van der Waals surface area contributed by atoms with Gasteiger partial charge in [0, 0.05) is 11.8 Å². The predicted octanol–water partition coefficient (Wildman–Crippen LogP) is 1.10. The van der Waals surface area contributed by atoms with E-state index in [1.807, 2.05) is 0 Å². The lowest BCUT2D eigenvalue weighted by Crippen LogP contribution is -1.86. The van der Waals surface area contributed by atoms with Gasteiger partial charge in [0.15, 0.2) is 0 Å². The summed E-state index contributed by atoms with van der Waals surface area (Å²) in [5.74, 6) is 0.0884. The van der Waals surface area contributed by atoms with Crippen LogP contribution in [0.1, 0.15) is 5.69 Å². The molecule has 72 valence electrons. The van der Waals surface area contributed by atoms with Crippen molar-refractivity contribution in [3.8, 4) is 11.4 Å². The first-order valence-electron chi connectivity index (χ1n) is 4.05. The van der Waals surface area contributed by atoms with Gasteiger partial charge >= 0.3 is 0 Å². The molecule has 4 nitrogen and oxygen atoms in total. The van der Waals surface area contributed by atoms with Gasteiger partial charge in [0.1, 0.15) is 11.6 Å². The Labute approximate surface area is 79.5 Å². The van der Waals surface area contributed by atoms with Crippen molar-refractivity contribution in [2.45, 2.75) is 6.61 Å². The maximum atomic E-state index is 12.8. The summed E-state index contributed by atoms with van der Waals surface area (Å²) in [4.78, 5) is 10.5. The number of pyridine rings is 1. The molecule has 0 aliphatic carbocycles. The lowest BCUT2D eigenvalue weighted by Gasteiger charge is -1.95. The first-order valence-corrected chi connectivity index (χ1v) is 4.05. The van der Waals surface area contributed by atoms with E-state index in [-0.39, 0.29) is 6.61 Å². The van der Waals surface area contributed by atoms with Crippen LogP contribution < -0.4 is 0 Å². The second kappa shape index (κ2) is 3.55. The number of aliphatic hydroxyl groups excluding tert-OH is 1. The lowest BCUT2D eigenvalue weighted by atomic mass is 10.3. The van der Waals surface area contributed by atoms with Crippen molar-refractivity contribution in [1.29, 1.82) is 0 Å². The third kappa shape index (κ3) is 1.62. The summed E-state index contributed by atoms with van der Waals surface area (Å²) in [6, 6.07) is 1.33. The number of nitrogens with zero attached hydrogens (tertiary/aromatic N) is 2. The fourth-order valence-corrected chi connectivity index (χ4v) is 1.13. The monoisotopic (exact) mass is 193 g/mol. The molecule has 2 rings (SSSR count). The molecule has 2 aromatic heterocycles. The number of hydrogen-bond donors (Lipinski definition) is 2. The van der Waals surface area contributed by atoms with Crippen LogP contribution in [-0.4, -0.2) is 20.1 Å². The van der Waals surface area contributed by atoms with Crippen LogP contribution >= 0.6 is 0 Å². The minimum absolute atomic E-state index is 0.115. The third-order valence-electron chi connectivity index (χ3n) is 1.78. The highest BCUT2D eigenvalue weighted by Crippen LogP contribution is 2.14. The zero-order chi connectivity index (χ0) is 9.97. The Morgan fingerprint density at radius 1 is 1.36 bits per heavy atom. The molecule has 2 N–H and O–H groups in total. The van der Waals surface area contributed by atoms with E-state index in [9.17, 15) is 4.39 Å². The Morgan fingerprint density at radius 2 is 2.21 bits per heavy atom. The van der Waals surface area contributed by atoms with Crippen LogP contribution in [0.5, 0.6) is 0 Å². The first-order chi connectivity index (χ1) is 6.79.